The van der Waals surface area contributed by atoms with Gasteiger partial charge in [0.25, 0.3) is 5.91 Å². The summed E-state index contributed by atoms with van der Waals surface area (Å²) in [6.07, 6.45) is 2.53. The van der Waals surface area contributed by atoms with Gasteiger partial charge in [0.05, 0.1) is 0 Å². The summed E-state index contributed by atoms with van der Waals surface area (Å²) in [6.45, 7) is 6.55. The highest BCUT2D eigenvalue weighted by Gasteiger charge is 2.34. The molecule has 0 radical (unpaired) electrons. The van der Waals surface area contributed by atoms with E-state index < -0.39 is 6.04 Å². The van der Waals surface area contributed by atoms with Crippen molar-refractivity contribution in [2.75, 3.05) is 13.6 Å². The van der Waals surface area contributed by atoms with Crippen LogP contribution in [0.3, 0.4) is 0 Å². The van der Waals surface area contributed by atoms with Crippen LogP contribution >= 0.6 is 0 Å². The lowest BCUT2D eigenvalue weighted by molar-refractivity contribution is -0.126. The van der Waals surface area contributed by atoms with Gasteiger partial charge in [-0.25, -0.2) is 4.98 Å². The first kappa shape index (κ1) is 15.5. The van der Waals surface area contributed by atoms with E-state index in [1.165, 1.54) is 0 Å². The van der Waals surface area contributed by atoms with Crippen molar-refractivity contribution in [1.82, 2.24) is 25.4 Å². The van der Waals surface area contributed by atoms with Gasteiger partial charge in [0.1, 0.15) is 11.9 Å². The van der Waals surface area contributed by atoms with Crippen molar-refractivity contribution in [1.29, 1.82) is 0 Å². The van der Waals surface area contributed by atoms with Crippen LogP contribution in [-0.4, -0.2) is 51.5 Å². The number of H-pyrrole nitrogens is 1. The van der Waals surface area contributed by atoms with Crippen LogP contribution < -0.4 is 5.32 Å². The van der Waals surface area contributed by atoms with Gasteiger partial charge >= 0.3 is 0 Å². The molecule has 1 aromatic heterocycles. The van der Waals surface area contributed by atoms with E-state index >= 15 is 0 Å². The average Bonchev–Trinajstić information content (AvgIpc) is 2.95. The number of piperidine rings is 1. The number of likely N-dealkylation sites (N-methyl/N-ethyl adjacent to an activating group) is 1. The van der Waals surface area contributed by atoms with Crippen LogP contribution in [0.5, 0.6) is 0 Å². The number of amides is 2. The van der Waals surface area contributed by atoms with Crippen molar-refractivity contribution < 1.29 is 9.59 Å². The van der Waals surface area contributed by atoms with Crippen molar-refractivity contribution in [3.05, 3.63) is 11.6 Å². The third-order valence-corrected chi connectivity index (χ3v) is 3.70. The molecule has 2 rings (SSSR count). The maximum atomic E-state index is 12.6. The molecule has 21 heavy (non-hydrogen) atoms. The van der Waals surface area contributed by atoms with E-state index in [9.17, 15) is 9.59 Å². The fourth-order valence-corrected chi connectivity index (χ4v) is 2.44. The minimum atomic E-state index is -0.423. The van der Waals surface area contributed by atoms with Crippen molar-refractivity contribution in [2.24, 2.45) is 0 Å². The van der Waals surface area contributed by atoms with Gasteiger partial charge in [0, 0.05) is 19.0 Å². The van der Waals surface area contributed by atoms with Crippen LogP contribution in [0.4, 0.5) is 0 Å². The highest BCUT2D eigenvalue weighted by atomic mass is 16.2. The second-order valence-electron chi connectivity index (χ2n) is 6.38. The van der Waals surface area contributed by atoms with Crippen molar-refractivity contribution >= 4 is 11.8 Å². The Balaban J connectivity index is 2.21. The first-order valence-corrected chi connectivity index (χ1v) is 7.30. The summed E-state index contributed by atoms with van der Waals surface area (Å²) in [5.41, 5.74) is -0.201. The number of carbonyl (C=O) groups is 2. The molecule has 1 saturated heterocycles. The van der Waals surface area contributed by atoms with Crippen LogP contribution in [0.15, 0.2) is 0 Å². The van der Waals surface area contributed by atoms with Crippen molar-refractivity contribution in [3.63, 3.8) is 0 Å². The molecule has 7 heteroatoms. The summed E-state index contributed by atoms with van der Waals surface area (Å²) in [5.74, 6) is 0.389. The van der Waals surface area contributed by atoms with Gasteiger partial charge in [-0.2, -0.15) is 0 Å². The average molecular weight is 293 g/mol. The number of likely N-dealkylation sites (tertiary alicyclic amines) is 1. The maximum Gasteiger partial charge on any atom is 0.294 e. The van der Waals surface area contributed by atoms with Gasteiger partial charge in [-0.15, -0.1) is 5.10 Å². The lowest BCUT2D eigenvalue weighted by atomic mass is 9.96. The Kier molecular flexibility index (Phi) is 4.29. The lowest BCUT2D eigenvalue weighted by Crippen LogP contribution is -2.51. The standard InChI is InChI=1S/C14H23N5O2/c1-14(2,3)13-16-10(17-18-13)12(21)19-8-6-5-7-9(19)11(20)15-4/h9H,5-8H2,1-4H3,(H,15,20)(H,16,17,18). The number of rotatable bonds is 2. The Morgan fingerprint density at radius 2 is 2.05 bits per heavy atom. The number of hydrogen-bond donors (Lipinski definition) is 2. The molecule has 2 heterocycles. The molecule has 7 nitrogen and oxygen atoms in total. The highest BCUT2D eigenvalue weighted by molar-refractivity contribution is 5.94. The Bertz CT molecular complexity index is 532. The van der Waals surface area contributed by atoms with Crippen molar-refractivity contribution in [2.45, 2.75) is 51.5 Å². The van der Waals surface area contributed by atoms with Crippen LogP contribution in [0.25, 0.3) is 0 Å². The Morgan fingerprint density at radius 3 is 2.62 bits per heavy atom. The molecule has 0 aromatic carbocycles. The van der Waals surface area contributed by atoms with E-state index in [1.807, 2.05) is 20.8 Å². The smallest absolute Gasteiger partial charge is 0.294 e. The molecule has 2 N–H and O–H groups in total. The normalized spacial score (nSPS) is 19.4. The van der Waals surface area contributed by atoms with Gasteiger partial charge in [-0.3, -0.25) is 14.7 Å². The molecule has 1 atom stereocenters. The number of aromatic amines is 1. The molecular formula is C14H23N5O2. The van der Waals surface area contributed by atoms with E-state index in [0.717, 1.165) is 12.8 Å². The Labute approximate surface area is 124 Å². The lowest BCUT2D eigenvalue weighted by Gasteiger charge is -2.33. The number of nitrogens with one attached hydrogen (secondary N) is 2. The van der Waals surface area contributed by atoms with Crippen LogP contribution in [0.2, 0.25) is 0 Å². The molecule has 1 fully saturated rings. The van der Waals surface area contributed by atoms with E-state index in [2.05, 4.69) is 20.5 Å². The van der Waals surface area contributed by atoms with E-state index in [0.29, 0.717) is 18.8 Å². The first-order valence-electron chi connectivity index (χ1n) is 7.30. The fourth-order valence-electron chi connectivity index (χ4n) is 2.44. The molecule has 1 aliphatic heterocycles. The quantitative estimate of drug-likeness (QED) is 0.845. The van der Waals surface area contributed by atoms with Crippen LogP contribution in [-0.2, 0) is 10.2 Å². The van der Waals surface area contributed by atoms with Gasteiger partial charge in [-0.1, -0.05) is 20.8 Å². The molecule has 0 aliphatic carbocycles. The molecule has 0 saturated carbocycles. The minimum Gasteiger partial charge on any atom is -0.357 e. The Hall–Kier alpha value is -1.92. The predicted octanol–water partition coefficient (Wildman–Crippen LogP) is 0.843. The summed E-state index contributed by atoms with van der Waals surface area (Å²) in [6, 6.07) is -0.423. The number of hydrogen-bond acceptors (Lipinski definition) is 4. The van der Waals surface area contributed by atoms with E-state index in [1.54, 1.807) is 11.9 Å². The minimum absolute atomic E-state index is 0.130. The van der Waals surface area contributed by atoms with Gasteiger partial charge in [-0.05, 0) is 19.3 Å². The third-order valence-electron chi connectivity index (χ3n) is 3.70. The molecule has 0 bridgehead atoms. The molecule has 116 valence electrons. The summed E-state index contributed by atoms with van der Waals surface area (Å²) in [5, 5.41) is 9.45. The zero-order valence-electron chi connectivity index (χ0n) is 13.1. The van der Waals surface area contributed by atoms with Crippen LogP contribution in [0.1, 0.15) is 56.5 Å². The predicted molar refractivity (Wildman–Crippen MR) is 77.8 cm³/mol. The molecule has 1 aromatic rings. The monoisotopic (exact) mass is 293 g/mol. The maximum absolute atomic E-state index is 12.6. The fraction of sp³-hybridized carbons (Fsp3) is 0.714. The molecule has 1 aliphatic rings. The van der Waals surface area contributed by atoms with E-state index in [4.69, 9.17) is 0 Å². The zero-order valence-corrected chi connectivity index (χ0v) is 13.1. The third kappa shape index (κ3) is 3.22. The highest BCUT2D eigenvalue weighted by Crippen LogP contribution is 2.21. The van der Waals surface area contributed by atoms with Crippen molar-refractivity contribution in [3.8, 4) is 0 Å². The molecule has 2 amide bonds. The molecule has 1 unspecified atom stereocenters. The number of carbonyl (C=O) groups excluding carboxylic acids is 2. The molecular weight excluding hydrogens is 270 g/mol. The number of nitrogens with zero attached hydrogens (tertiary/aromatic N) is 3. The largest absolute Gasteiger partial charge is 0.357 e. The van der Waals surface area contributed by atoms with Gasteiger partial charge < -0.3 is 10.2 Å². The van der Waals surface area contributed by atoms with E-state index in [-0.39, 0.29) is 23.1 Å². The summed E-state index contributed by atoms with van der Waals surface area (Å²) in [7, 11) is 1.59. The van der Waals surface area contributed by atoms with Crippen LogP contribution in [0, 0.1) is 0 Å². The summed E-state index contributed by atoms with van der Waals surface area (Å²) >= 11 is 0. The van der Waals surface area contributed by atoms with Gasteiger partial charge in [0.2, 0.25) is 11.7 Å². The Morgan fingerprint density at radius 1 is 1.33 bits per heavy atom. The summed E-state index contributed by atoms with van der Waals surface area (Å²) in [4.78, 5) is 30.4. The SMILES string of the molecule is CNC(=O)C1CCCCN1C(=O)c1n[nH]c(C(C)(C)C)n1. The zero-order chi connectivity index (χ0) is 15.6. The first-order chi connectivity index (χ1) is 9.84. The second kappa shape index (κ2) is 5.83. The second-order valence-corrected chi connectivity index (χ2v) is 6.38. The number of aromatic nitrogens is 3. The molecule has 0 spiro atoms. The summed E-state index contributed by atoms with van der Waals surface area (Å²) < 4.78 is 0. The van der Waals surface area contributed by atoms with Gasteiger partial charge in [0.15, 0.2) is 0 Å². The topological polar surface area (TPSA) is 91.0 Å².